The minimum absolute atomic E-state index is 0.123. The number of unbranched alkanes of at least 4 members (excludes halogenated alkanes) is 2. The van der Waals surface area contributed by atoms with Crippen LogP contribution in [0.3, 0.4) is 0 Å². The molecule has 156 valence electrons. The molecule has 3 rings (SSSR count). The molecule has 2 saturated heterocycles. The number of hydrogen-bond donors (Lipinski definition) is 1. The van der Waals surface area contributed by atoms with E-state index in [0.29, 0.717) is 0 Å². The number of rotatable bonds is 7. The van der Waals surface area contributed by atoms with E-state index >= 15 is 0 Å². The Balaban J connectivity index is 1.38. The van der Waals surface area contributed by atoms with Gasteiger partial charge in [-0.25, -0.2) is 0 Å². The molecule has 2 heterocycles. The van der Waals surface area contributed by atoms with E-state index < -0.39 is 0 Å². The van der Waals surface area contributed by atoms with Crippen LogP contribution in [0.1, 0.15) is 55.8 Å². The number of ether oxygens (including phenoxy) is 1. The van der Waals surface area contributed by atoms with Crippen molar-refractivity contribution in [3.05, 3.63) is 35.4 Å². The lowest BCUT2D eigenvalue weighted by Gasteiger charge is -2.35. The monoisotopic (exact) mass is 386 g/mol. The number of aliphatic imine (C=N–C) groups is 1. The molecule has 2 aliphatic rings. The Hall–Kier alpha value is -1.59. The number of piperidine rings is 1. The van der Waals surface area contributed by atoms with Gasteiger partial charge in [-0.05, 0) is 63.4 Å². The number of nitrogens with zero attached hydrogens (tertiary/aromatic N) is 3. The van der Waals surface area contributed by atoms with Gasteiger partial charge in [0.15, 0.2) is 5.96 Å². The number of hydrogen-bond acceptors (Lipinski definition) is 3. The van der Waals surface area contributed by atoms with Gasteiger partial charge in [-0.15, -0.1) is 0 Å². The maximum atomic E-state index is 6.06. The third-order valence-corrected chi connectivity index (χ3v) is 6.00. The van der Waals surface area contributed by atoms with Gasteiger partial charge in [-0.1, -0.05) is 37.1 Å². The smallest absolute Gasteiger partial charge is 0.193 e. The van der Waals surface area contributed by atoms with Crippen LogP contribution >= 0.6 is 0 Å². The highest BCUT2D eigenvalue weighted by Gasteiger charge is 2.24. The van der Waals surface area contributed by atoms with E-state index in [1.165, 1.54) is 69.3 Å². The molecule has 0 radical (unpaired) electrons. The predicted octanol–water partition coefficient (Wildman–Crippen LogP) is 3.60. The molecule has 1 unspecified atom stereocenters. The number of morpholine rings is 1. The van der Waals surface area contributed by atoms with Crippen molar-refractivity contribution < 1.29 is 4.74 Å². The predicted molar refractivity (Wildman–Crippen MR) is 117 cm³/mol. The van der Waals surface area contributed by atoms with Gasteiger partial charge in [0.25, 0.3) is 0 Å². The van der Waals surface area contributed by atoms with E-state index in [1.807, 2.05) is 7.05 Å². The van der Waals surface area contributed by atoms with Gasteiger partial charge in [-0.2, -0.15) is 0 Å². The van der Waals surface area contributed by atoms with Crippen molar-refractivity contribution in [3.63, 3.8) is 0 Å². The maximum absolute atomic E-state index is 6.06. The van der Waals surface area contributed by atoms with Gasteiger partial charge >= 0.3 is 0 Å². The molecular formula is C23H38N4O. The summed E-state index contributed by atoms with van der Waals surface area (Å²) >= 11 is 0. The summed E-state index contributed by atoms with van der Waals surface area (Å²) < 4.78 is 6.06. The summed E-state index contributed by atoms with van der Waals surface area (Å²) in [6, 6.07) is 8.53. The molecule has 0 amide bonds. The van der Waals surface area contributed by atoms with Crippen LogP contribution in [0.2, 0.25) is 0 Å². The number of benzene rings is 1. The summed E-state index contributed by atoms with van der Waals surface area (Å²) in [5.41, 5.74) is 2.59. The van der Waals surface area contributed by atoms with E-state index in [4.69, 9.17) is 4.74 Å². The Labute approximate surface area is 171 Å². The highest BCUT2D eigenvalue weighted by molar-refractivity contribution is 5.80. The standard InChI is InChI=1S/C23H38N4O/c1-20-11-5-6-12-21(20)22-19-27(17-18-28-22)23(24-2)25-13-7-3-8-14-26-15-9-4-10-16-26/h5-6,11-12,22H,3-4,7-10,13-19H2,1-2H3,(H,24,25). The van der Waals surface area contributed by atoms with Gasteiger partial charge in [0.2, 0.25) is 0 Å². The molecule has 0 bridgehead atoms. The molecule has 0 aliphatic carbocycles. The molecule has 1 atom stereocenters. The number of aryl methyl sites for hydroxylation is 1. The minimum Gasteiger partial charge on any atom is -0.370 e. The lowest BCUT2D eigenvalue weighted by molar-refractivity contribution is -0.00830. The molecular weight excluding hydrogens is 348 g/mol. The molecule has 2 fully saturated rings. The van der Waals surface area contributed by atoms with Crippen molar-refractivity contribution in [2.45, 2.75) is 51.6 Å². The van der Waals surface area contributed by atoms with Crippen LogP contribution in [0.15, 0.2) is 29.3 Å². The molecule has 1 aromatic rings. The number of likely N-dealkylation sites (tertiary alicyclic amines) is 1. The van der Waals surface area contributed by atoms with Crippen LogP contribution in [0.4, 0.5) is 0 Å². The van der Waals surface area contributed by atoms with E-state index in [1.54, 1.807) is 0 Å². The van der Waals surface area contributed by atoms with E-state index in [2.05, 4.69) is 51.3 Å². The number of guanidine groups is 1. The Morgan fingerprint density at radius 1 is 1.11 bits per heavy atom. The van der Waals surface area contributed by atoms with E-state index in [0.717, 1.165) is 32.2 Å². The van der Waals surface area contributed by atoms with Crippen molar-refractivity contribution in [1.29, 1.82) is 0 Å². The Morgan fingerprint density at radius 2 is 1.93 bits per heavy atom. The van der Waals surface area contributed by atoms with Gasteiger partial charge in [-0.3, -0.25) is 4.99 Å². The second kappa shape index (κ2) is 11.4. The van der Waals surface area contributed by atoms with Crippen molar-refractivity contribution in [1.82, 2.24) is 15.1 Å². The lowest BCUT2D eigenvalue weighted by atomic mass is 10.0. The van der Waals surface area contributed by atoms with Crippen LogP contribution < -0.4 is 5.32 Å². The van der Waals surface area contributed by atoms with Crippen LogP contribution in [0, 0.1) is 6.92 Å². The zero-order chi connectivity index (χ0) is 19.6. The SMILES string of the molecule is CN=C(NCCCCCN1CCCCC1)N1CCOC(c2ccccc2C)C1. The fourth-order valence-corrected chi connectivity index (χ4v) is 4.33. The Bertz CT molecular complexity index is 612. The third kappa shape index (κ3) is 6.21. The summed E-state index contributed by atoms with van der Waals surface area (Å²) in [5, 5.41) is 3.57. The molecule has 1 aromatic carbocycles. The largest absolute Gasteiger partial charge is 0.370 e. The Morgan fingerprint density at radius 3 is 2.71 bits per heavy atom. The molecule has 28 heavy (non-hydrogen) atoms. The summed E-state index contributed by atoms with van der Waals surface area (Å²) in [6.45, 7) is 9.56. The van der Waals surface area contributed by atoms with Crippen LogP contribution in [0.25, 0.3) is 0 Å². The van der Waals surface area contributed by atoms with Crippen molar-refractivity contribution in [2.24, 2.45) is 4.99 Å². The maximum Gasteiger partial charge on any atom is 0.193 e. The lowest BCUT2D eigenvalue weighted by Crippen LogP contribution is -2.48. The topological polar surface area (TPSA) is 40.1 Å². The molecule has 0 saturated carbocycles. The fourth-order valence-electron chi connectivity index (χ4n) is 4.33. The molecule has 1 N–H and O–H groups in total. The van der Waals surface area contributed by atoms with E-state index in [-0.39, 0.29) is 6.10 Å². The highest BCUT2D eigenvalue weighted by Crippen LogP contribution is 2.24. The minimum atomic E-state index is 0.123. The molecule has 2 aliphatic heterocycles. The van der Waals surface area contributed by atoms with E-state index in [9.17, 15) is 0 Å². The zero-order valence-corrected chi connectivity index (χ0v) is 17.8. The summed E-state index contributed by atoms with van der Waals surface area (Å²) in [4.78, 5) is 9.50. The fraction of sp³-hybridized carbons (Fsp3) is 0.696. The average Bonchev–Trinajstić information content (AvgIpc) is 2.74. The van der Waals surface area contributed by atoms with Crippen molar-refractivity contribution in [2.75, 3.05) is 52.9 Å². The molecule has 5 heteroatoms. The summed E-state index contributed by atoms with van der Waals surface area (Å²) in [6.07, 6.45) is 8.13. The molecule has 5 nitrogen and oxygen atoms in total. The van der Waals surface area contributed by atoms with Crippen molar-refractivity contribution >= 4 is 5.96 Å². The van der Waals surface area contributed by atoms with Crippen LogP contribution in [-0.4, -0.2) is 68.7 Å². The summed E-state index contributed by atoms with van der Waals surface area (Å²) in [7, 11) is 1.89. The average molecular weight is 387 g/mol. The zero-order valence-electron chi connectivity index (χ0n) is 17.8. The molecule has 0 spiro atoms. The van der Waals surface area contributed by atoms with Crippen LogP contribution in [0.5, 0.6) is 0 Å². The third-order valence-electron chi connectivity index (χ3n) is 6.00. The second-order valence-electron chi connectivity index (χ2n) is 8.10. The number of nitrogens with one attached hydrogen (secondary N) is 1. The normalized spacial score (nSPS) is 21.7. The van der Waals surface area contributed by atoms with Gasteiger partial charge in [0.05, 0.1) is 13.2 Å². The first-order valence-electron chi connectivity index (χ1n) is 11.1. The first-order chi connectivity index (χ1) is 13.8. The van der Waals surface area contributed by atoms with Gasteiger partial charge in [0, 0.05) is 20.1 Å². The van der Waals surface area contributed by atoms with Crippen molar-refractivity contribution in [3.8, 4) is 0 Å². The first kappa shape index (κ1) is 21.1. The molecule has 0 aromatic heterocycles. The van der Waals surface area contributed by atoms with Gasteiger partial charge in [0.1, 0.15) is 6.10 Å². The highest BCUT2D eigenvalue weighted by atomic mass is 16.5. The quantitative estimate of drug-likeness (QED) is 0.442. The van der Waals surface area contributed by atoms with Gasteiger partial charge < -0.3 is 19.9 Å². The second-order valence-corrected chi connectivity index (χ2v) is 8.10. The summed E-state index contributed by atoms with van der Waals surface area (Å²) in [5.74, 6) is 1.01. The van der Waals surface area contributed by atoms with Crippen LogP contribution in [-0.2, 0) is 4.74 Å². The first-order valence-corrected chi connectivity index (χ1v) is 11.1. The Kier molecular flexibility index (Phi) is 8.62.